The Kier molecular flexibility index (Phi) is 5.26. The first-order valence-electron chi connectivity index (χ1n) is 9.80. The highest BCUT2D eigenvalue weighted by atomic mass is 32.2. The summed E-state index contributed by atoms with van der Waals surface area (Å²) in [5.74, 6) is -0.0857. The molecule has 2 aromatic rings. The van der Waals surface area contributed by atoms with Crippen LogP contribution in [-0.4, -0.2) is 39.7 Å². The summed E-state index contributed by atoms with van der Waals surface area (Å²) in [6.07, 6.45) is 3.97. The lowest BCUT2D eigenvalue weighted by Crippen LogP contribution is -2.37. The Bertz CT molecular complexity index is 951. The fourth-order valence-electron chi connectivity index (χ4n) is 3.82. The topological polar surface area (TPSA) is 69.7 Å². The summed E-state index contributed by atoms with van der Waals surface area (Å²) >= 11 is 0. The second-order valence-corrected chi connectivity index (χ2v) is 9.35. The zero-order valence-corrected chi connectivity index (χ0v) is 16.6. The Balaban J connectivity index is 1.47. The zero-order valence-electron chi connectivity index (χ0n) is 15.8. The van der Waals surface area contributed by atoms with Crippen molar-refractivity contribution in [3.05, 3.63) is 54.1 Å². The Morgan fingerprint density at radius 3 is 2.29 bits per heavy atom. The summed E-state index contributed by atoms with van der Waals surface area (Å²) in [5.41, 5.74) is 2.90. The number of nitrogens with zero attached hydrogens (tertiary/aromatic N) is 2. The average molecular weight is 400 g/mol. The molecule has 0 spiro atoms. The highest BCUT2D eigenvalue weighted by Gasteiger charge is 2.26. The molecule has 28 heavy (non-hydrogen) atoms. The van der Waals surface area contributed by atoms with Gasteiger partial charge < -0.3 is 10.2 Å². The molecule has 2 aliphatic rings. The van der Waals surface area contributed by atoms with Crippen LogP contribution in [-0.2, 0) is 10.0 Å². The molecule has 7 heteroatoms. The van der Waals surface area contributed by atoms with Crippen molar-refractivity contribution >= 4 is 33.0 Å². The number of benzene rings is 2. The zero-order chi connectivity index (χ0) is 19.6. The molecule has 2 saturated heterocycles. The van der Waals surface area contributed by atoms with Gasteiger partial charge in [0.05, 0.1) is 11.4 Å². The number of sulfonamides is 1. The Morgan fingerprint density at radius 1 is 0.857 bits per heavy atom. The number of hydrogen-bond donors (Lipinski definition) is 1. The normalized spacial score (nSPS) is 18.9. The predicted molar refractivity (Wildman–Crippen MR) is 113 cm³/mol. The smallest absolute Gasteiger partial charge is 0.255 e. The summed E-state index contributed by atoms with van der Waals surface area (Å²) in [5, 5.41) is 2.90. The van der Waals surface area contributed by atoms with Gasteiger partial charge in [0.25, 0.3) is 5.91 Å². The van der Waals surface area contributed by atoms with E-state index in [1.165, 1.54) is 22.8 Å². The molecule has 0 radical (unpaired) electrons. The highest BCUT2D eigenvalue weighted by Crippen LogP contribution is 2.25. The molecular weight excluding hydrogens is 374 g/mol. The van der Waals surface area contributed by atoms with Gasteiger partial charge in [-0.25, -0.2) is 8.42 Å². The van der Waals surface area contributed by atoms with E-state index in [-0.39, 0.29) is 11.7 Å². The third-order valence-corrected chi connectivity index (χ3v) is 7.21. The van der Waals surface area contributed by atoms with E-state index in [0.29, 0.717) is 24.2 Å². The molecule has 2 heterocycles. The number of rotatable bonds is 4. The van der Waals surface area contributed by atoms with E-state index in [0.717, 1.165) is 25.2 Å². The van der Waals surface area contributed by atoms with Crippen LogP contribution in [0.15, 0.2) is 48.5 Å². The van der Waals surface area contributed by atoms with Crippen molar-refractivity contribution in [2.24, 2.45) is 0 Å². The van der Waals surface area contributed by atoms with Gasteiger partial charge in [-0.05, 0) is 68.1 Å². The SMILES string of the molecule is O=C(Nc1ccc(N2CCCC2)cc1)c1cccc(N2CCCCS2(=O)=O)c1. The van der Waals surface area contributed by atoms with Gasteiger partial charge >= 0.3 is 0 Å². The van der Waals surface area contributed by atoms with Crippen molar-refractivity contribution in [2.45, 2.75) is 25.7 Å². The molecule has 2 aromatic carbocycles. The summed E-state index contributed by atoms with van der Waals surface area (Å²) < 4.78 is 26.0. The third kappa shape index (κ3) is 3.99. The maximum Gasteiger partial charge on any atom is 0.255 e. The minimum Gasteiger partial charge on any atom is -0.372 e. The lowest BCUT2D eigenvalue weighted by Gasteiger charge is -2.28. The molecule has 6 nitrogen and oxygen atoms in total. The van der Waals surface area contributed by atoms with Crippen LogP contribution in [0.2, 0.25) is 0 Å². The van der Waals surface area contributed by atoms with E-state index in [9.17, 15) is 13.2 Å². The number of nitrogens with one attached hydrogen (secondary N) is 1. The molecule has 2 fully saturated rings. The van der Waals surface area contributed by atoms with Crippen molar-refractivity contribution in [3.8, 4) is 0 Å². The quantitative estimate of drug-likeness (QED) is 0.855. The Morgan fingerprint density at radius 2 is 1.57 bits per heavy atom. The fourth-order valence-corrected chi connectivity index (χ4v) is 5.45. The monoisotopic (exact) mass is 399 g/mol. The van der Waals surface area contributed by atoms with Gasteiger partial charge in [0.2, 0.25) is 10.0 Å². The summed E-state index contributed by atoms with van der Waals surface area (Å²) in [6.45, 7) is 2.63. The van der Waals surface area contributed by atoms with Gasteiger partial charge in [0.1, 0.15) is 0 Å². The van der Waals surface area contributed by atoms with Crippen LogP contribution in [0.25, 0.3) is 0 Å². The number of carbonyl (C=O) groups excluding carboxylic acids is 1. The second-order valence-electron chi connectivity index (χ2n) is 7.34. The van der Waals surface area contributed by atoms with Crippen LogP contribution in [0.3, 0.4) is 0 Å². The summed E-state index contributed by atoms with van der Waals surface area (Å²) in [7, 11) is -3.29. The lowest BCUT2D eigenvalue weighted by atomic mass is 10.1. The van der Waals surface area contributed by atoms with Crippen LogP contribution >= 0.6 is 0 Å². The predicted octanol–water partition coefficient (Wildman–Crippen LogP) is 3.47. The molecule has 0 atom stereocenters. The van der Waals surface area contributed by atoms with Crippen LogP contribution in [0, 0.1) is 0 Å². The van der Waals surface area contributed by atoms with Crippen LogP contribution in [0.4, 0.5) is 17.1 Å². The van der Waals surface area contributed by atoms with Crippen LogP contribution < -0.4 is 14.5 Å². The molecule has 0 unspecified atom stereocenters. The molecule has 0 aliphatic carbocycles. The van der Waals surface area contributed by atoms with Crippen molar-refractivity contribution in [1.82, 2.24) is 0 Å². The molecule has 2 aliphatic heterocycles. The largest absolute Gasteiger partial charge is 0.372 e. The maximum absolute atomic E-state index is 12.7. The molecule has 0 bridgehead atoms. The molecule has 4 rings (SSSR count). The van der Waals surface area contributed by atoms with E-state index in [4.69, 9.17) is 0 Å². The third-order valence-electron chi connectivity index (χ3n) is 5.34. The van der Waals surface area contributed by atoms with E-state index in [2.05, 4.69) is 10.2 Å². The number of amides is 1. The maximum atomic E-state index is 12.7. The van der Waals surface area contributed by atoms with Gasteiger partial charge in [0.15, 0.2) is 0 Å². The van der Waals surface area contributed by atoms with E-state index < -0.39 is 10.0 Å². The summed E-state index contributed by atoms with van der Waals surface area (Å²) in [4.78, 5) is 15.0. The van der Waals surface area contributed by atoms with Gasteiger partial charge in [-0.3, -0.25) is 9.10 Å². The summed E-state index contributed by atoms with van der Waals surface area (Å²) in [6, 6.07) is 14.7. The van der Waals surface area contributed by atoms with Gasteiger partial charge in [-0.2, -0.15) is 0 Å². The first kappa shape index (κ1) is 18.8. The van der Waals surface area contributed by atoms with E-state index in [1.807, 2.05) is 24.3 Å². The van der Waals surface area contributed by atoms with Crippen molar-refractivity contribution in [1.29, 1.82) is 0 Å². The number of hydrogen-bond acceptors (Lipinski definition) is 4. The van der Waals surface area contributed by atoms with Crippen LogP contribution in [0.5, 0.6) is 0 Å². The molecule has 1 N–H and O–H groups in total. The number of carbonyl (C=O) groups is 1. The minimum absolute atomic E-state index is 0.160. The molecular formula is C21H25N3O3S. The van der Waals surface area contributed by atoms with Crippen molar-refractivity contribution < 1.29 is 13.2 Å². The fraction of sp³-hybridized carbons (Fsp3) is 0.381. The van der Waals surface area contributed by atoms with Crippen LogP contribution in [0.1, 0.15) is 36.0 Å². The molecule has 0 aromatic heterocycles. The number of anilines is 3. The Labute approximate surface area is 166 Å². The highest BCUT2D eigenvalue weighted by molar-refractivity contribution is 7.92. The lowest BCUT2D eigenvalue weighted by molar-refractivity contribution is 0.102. The Hall–Kier alpha value is -2.54. The van der Waals surface area contributed by atoms with Crippen molar-refractivity contribution in [3.63, 3.8) is 0 Å². The second kappa shape index (κ2) is 7.83. The first-order chi connectivity index (χ1) is 13.5. The van der Waals surface area contributed by atoms with Gasteiger partial charge in [-0.1, -0.05) is 6.07 Å². The van der Waals surface area contributed by atoms with Gasteiger partial charge in [0, 0.05) is 36.6 Å². The minimum atomic E-state index is -3.29. The van der Waals surface area contributed by atoms with E-state index in [1.54, 1.807) is 24.3 Å². The standard InChI is InChI=1S/C21H25N3O3S/c25-21(22-18-8-10-19(11-9-18)23-12-1-2-13-23)17-6-5-7-20(16-17)24-14-3-4-15-28(24,26)27/h5-11,16H,1-4,12-15H2,(H,22,25). The van der Waals surface area contributed by atoms with Crippen molar-refractivity contribution in [2.75, 3.05) is 39.9 Å². The van der Waals surface area contributed by atoms with E-state index >= 15 is 0 Å². The molecule has 0 saturated carbocycles. The molecule has 148 valence electrons. The molecule has 1 amide bonds. The first-order valence-corrected chi connectivity index (χ1v) is 11.4. The van der Waals surface area contributed by atoms with Gasteiger partial charge in [-0.15, -0.1) is 0 Å². The average Bonchev–Trinajstić information content (AvgIpc) is 3.23.